The van der Waals surface area contributed by atoms with Gasteiger partial charge in [0.15, 0.2) is 0 Å². The predicted octanol–water partition coefficient (Wildman–Crippen LogP) is 5.27. The summed E-state index contributed by atoms with van der Waals surface area (Å²) in [7, 11) is 0. The van der Waals surface area contributed by atoms with Crippen molar-refractivity contribution in [3.05, 3.63) is 23.8 Å². The summed E-state index contributed by atoms with van der Waals surface area (Å²) in [5.74, 6) is -1.20. The van der Waals surface area contributed by atoms with E-state index in [2.05, 4.69) is 74.6 Å². The van der Waals surface area contributed by atoms with E-state index in [1.165, 1.54) is 17.2 Å². The maximum absolute atomic E-state index is 3.99. The molecule has 18 heavy (non-hydrogen) atoms. The Balaban J connectivity index is 4.96. The molecule has 0 heterocycles. The molecular formula is C15H33NSiTi. The van der Waals surface area contributed by atoms with Crippen molar-refractivity contribution in [1.82, 2.24) is 3.80 Å². The van der Waals surface area contributed by atoms with E-state index in [0.717, 1.165) is 0 Å². The molecule has 0 aromatic carbocycles. The van der Waals surface area contributed by atoms with Crippen LogP contribution in [0, 0.1) is 0 Å². The Hall–Kier alpha value is 0.371. The van der Waals surface area contributed by atoms with Crippen LogP contribution in [0.3, 0.4) is 0 Å². The van der Waals surface area contributed by atoms with Gasteiger partial charge in [0.2, 0.25) is 0 Å². The average Bonchev–Trinajstić information content (AvgIpc) is 1.94. The van der Waals surface area contributed by atoms with E-state index < -0.39 is 22.0 Å². The van der Waals surface area contributed by atoms with Crippen molar-refractivity contribution < 1.29 is 16.1 Å². The fraction of sp³-hybridized carbons (Fsp3) is 0.733. The van der Waals surface area contributed by atoms with Gasteiger partial charge in [0, 0.05) is 0 Å². The van der Waals surface area contributed by atoms with Crippen LogP contribution >= 0.6 is 0 Å². The molecule has 106 valence electrons. The summed E-state index contributed by atoms with van der Waals surface area (Å²) in [6, 6.07) is 1.30. The molecule has 0 atom stereocenters. The monoisotopic (exact) mass is 303 g/mol. The number of rotatable bonds is 5. The third kappa shape index (κ3) is 6.51. The molecule has 3 heteroatoms. The van der Waals surface area contributed by atoms with Crippen molar-refractivity contribution in [1.29, 1.82) is 0 Å². The summed E-state index contributed by atoms with van der Waals surface area (Å²) in [5.41, 5.74) is 2.93. The maximum atomic E-state index is 3.99. The van der Waals surface area contributed by atoms with Crippen LogP contribution in [0.1, 0.15) is 34.6 Å². The van der Waals surface area contributed by atoms with Gasteiger partial charge < -0.3 is 0 Å². The van der Waals surface area contributed by atoms with E-state index in [1.54, 1.807) is 0 Å². The number of nitrogens with one attached hydrogen (secondary N) is 1. The zero-order chi connectivity index (χ0) is 14.8. The molecule has 0 amide bonds. The van der Waals surface area contributed by atoms with Crippen LogP contribution in [-0.4, -0.2) is 11.5 Å². The summed E-state index contributed by atoms with van der Waals surface area (Å²) in [6.45, 7) is 20.3. The zero-order valence-corrected chi connectivity index (χ0v) is 16.6. The second-order valence-corrected chi connectivity index (χ2v) is 29.0. The van der Waals surface area contributed by atoms with Gasteiger partial charge in [-0.1, -0.05) is 0 Å². The molecule has 0 unspecified atom stereocenters. The summed E-state index contributed by atoms with van der Waals surface area (Å²) >= 11 is -1.91. The third-order valence-corrected chi connectivity index (χ3v) is 27.8. The van der Waals surface area contributed by atoms with Crippen molar-refractivity contribution in [2.45, 2.75) is 69.8 Å². The molecule has 1 nitrogen and oxygen atoms in total. The second-order valence-electron chi connectivity index (χ2n) is 7.90. The molecule has 0 aromatic rings. The number of hydrogen-bond acceptors (Lipinski definition) is 1. The van der Waals surface area contributed by atoms with Gasteiger partial charge in [-0.15, -0.1) is 0 Å². The van der Waals surface area contributed by atoms with Crippen LogP contribution in [0.15, 0.2) is 23.8 Å². The summed E-state index contributed by atoms with van der Waals surface area (Å²) in [4.78, 5) is 0. The Kier molecular flexibility index (Phi) is 6.34. The molecule has 0 aliphatic carbocycles. The van der Waals surface area contributed by atoms with Gasteiger partial charge in [0.25, 0.3) is 0 Å². The Morgan fingerprint density at radius 2 is 1.67 bits per heavy atom. The number of hydrogen-bond donors (Lipinski definition) is 1. The molecule has 0 aliphatic heterocycles. The first-order valence-electron chi connectivity index (χ1n) is 6.89. The van der Waals surface area contributed by atoms with Crippen molar-refractivity contribution in [3.63, 3.8) is 0 Å². The first kappa shape index (κ1) is 18.4. The van der Waals surface area contributed by atoms with Crippen LogP contribution in [0.4, 0.5) is 0 Å². The van der Waals surface area contributed by atoms with Gasteiger partial charge in [-0.3, -0.25) is 0 Å². The molecular weight excluding hydrogens is 270 g/mol. The van der Waals surface area contributed by atoms with Gasteiger partial charge >= 0.3 is 119 Å². The van der Waals surface area contributed by atoms with E-state index in [1.807, 2.05) is 0 Å². The van der Waals surface area contributed by atoms with E-state index in [-0.39, 0.29) is 5.54 Å². The standard InChI is InChI=1S/C9H17Si.C4H10N.2CH3.Ti/c1-8(2)6-9(3)7-10(4)5;1-4(2,3)5;;;/h6H,1,7H2,2-5H3;5H,1-3H3;2*1H3;/q;-1;;;+1. The fourth-order valence-electron chi connectivity index (χ4n) is 2.50. The van der Waals surface area contributed by atoms with Crippen molar-refractivity contribution in [3.8, 4) is 0 Å². The fourth-order valence-corrected chi connectivity index (χ4v) is 14.2. The van der Waals surface area contributed by atoms with Gasteiger partial charge in [-0.25, -0.2) is 0 Å². The van der Waals surface area contributed by atoms with Crippen LogP contribution < -0.4 is 3.80 Å². The van der Waals surface area contributed by atoms with Gasteiger partial charge in [-0.05, 0) is 0 Å². The van der Waals surface area contributed by atoms with E-state index in [4.69, 9.17) is 0 Å². The van der Waals surface area contributed by atoms with Crippen molar-refractivity contribution in [2.24, 2.45) is 0 Å². The quantitative estimate of drug-likeness (QED) is 0.539. The predicted molar refractivity (Wildman–Crippen MR) is 85.5 cm³/mol. The second kappa shape index (κ2) is 6.21. The van der Waals surface area contributed by atoms with E-state index >= 15 is 0 Å². The molecule has 0 saturated carbocycles. The number of allylic oxidation sites excluding steroid dienone is 3. The molecule has 0 saturated heterocycles. The van der Waals surface area contributed by atoms with Crippen molar-refractivity contribution >= 4 is 5.94 Å². The minimum absolute atomic E-state index is 0.250. The summed E-state index contributed by atoms with van der Waals surface area (Å²) in [5, 5.41) is 5.09. The first-order valence-corrected chi connectivity index (χ1v) is 16.3. The molecule has 0 fully saturated rings. The van der Waals surface area contributed by atoms with Crippen LogP contribution in [0.25, 0.3) is 0 Å². The summed E-state index contributed by atoms with van der Waals surface area (Å²) in [6.07, 6.45) is 2.25. The Bertz CT molecular complexity index is 335. The Labute approximate surface area is 119 Å². The first-order chi connectivity index (χ1) is 7.77. The SMILES string of the molecule is C=C(C)C=C(C)C[Si](C)(C)[Ti]([CH3])([CH3])[NH]C(C)(C)C. The van der Waals surface area contributed by atoms with E-state index in [9.17, 15) is 0 Å². The summed E-state index contributed by atoms with van der Waals surface area (Å²) < 4.78 is 3.99. The van der Waals surface area contributed by atoms with Gasteiger partial charge in [0.05, 0.1) is 0 Å². The Morgan fingerprint density at radius 1 is 1.22 bits per heavy atom. The van der Waals surface area contributed by atoms with Gasteiger partial charge in [0.1, 0.15) is 0 Å². The molecule has 0 rings (SSSR count). The molecule has 0 bridgehead atoms. The molecule has 0 aliphatic rings. The van der Waals surface area contributed by atoms with Crippen LogP contribution in [0.2, 0.25) is 29.6 Å². The molecule has 1 N–H and O–H groups in total. The molecule has 0 aromatic heterocycles. The molecule has 0 radical (unpaired) electrons. The van der Waals surface area contributed by atoms with Crippen molar-refractivity contribution in [2.75, 3.05) is 0 Å². The van der Waals surface area contributed by atoms with E-state index in [0.29, 0.717) is 0 Å². The van der Waals surface area contributed by atoms with Crippen LogP contribution in [0.5, 0.6) is 0 Å². The average molecular weight is 303 g/mol. The minimum atomic E-state index is -1.91. The van der Waals surface area contributed by atoms with Crippen LogP contribution in [-0.2, 0) is 16.1 Å². The van der Waals surface area contributed by atoms with Gasteiger partial charge in [-0.2, -0.15) is 0 Å². The molecule has 0 spiro atoms. The topological polar surface area (TPSA) is 12.0 Å². The zero-order valence-electron chi connectivity index (χ0n) is 14.0. The third-order valence-electron chi connectivity index (χ3n) is 3.59. The normalized spacial score (nSPS) is 14.8. The Morgan fingerprint density at radius 3 is 2.00 bits per heavy atom.